The second-order valence-corrected chi connectivity index (χ2v) is 6.10. The molecule has 0 spiro atoms. The van der Waals surface area contributed by atoms with Gasteiger partial charge in [0, 0.05) is 11.1 Å². The molecule has 0 amide bonds. The van der Waals surface area contributed by atoms with Crippen LogP contribution in [0.15, 0.2) is 29.2 Å². The number of nitrogens with one attached hydrogen (secondary N) is 1. The molecule has 6 nitrogen and oxygen atoms in total. The second-order valence-electron chi connectivity index (χ2n) is 6.10. The monoisotopic (exact) mass is 327 g/mol. The van der Waals surface area contributed by atoms with E-state index in [2.05, 4.69) is 10.1 Å². The number of nitrogens with zero attached hydrogens (tertiary/aromatic N) is 2. The van der Waals surface area contributed by atoms with Gasteiger partial charge in [0.2, 0.25) is 0 Å². The number of hydrogen-bond acceptors (Lipinski definition) is 3. The molecule has 0 saturated heterocycles. The van der Waals surface area contributed by atoms with Crippen molar-refractivity contribution >= 4 is 11.5 Å². The maximum Gasteiger partial charge on any atom is 0.356 e. The molecule has 24 heavy (non-hydrogen) atoms. The summed E-state index contributed by atoms with van der Waals surface area (Å²) in [5.41, 5.74) is 1.62. The maximum atomic E-state index is 13.8. The van der Waals surface area contributed by atoms with E-state index < -0.39 is 11.5 Å². The lowest BCUT2D eigenvalue weighted by molar-refractivity contribution is 0.0689. The average Bonchev–Trinajstić information content (AvgIpc) is 3.29. The van der Waals surface area contributed by atoms with Gasteiger partial charge < -0.3 is 10.1 Å². The summed E-state index contributed by atoms with van der Waals surface area (Å²) in [7, 11) is 0. The summed E-state index contributed by atoms with van der Waals surface area (Å²) < 4.78 is 15.1. The summed E-state index contributed by atoms with van der Waals surface area (Å²) in [4.78, 5) is 26.7. The Morgan fingerprint density at radius 2 is 2.17 bits per heavy atom. The van der Waals surface area contributed by atoms with Crippen molar-refractivity contribution in [2.45, 2.75) is 25.7 Å². The van der Waals surface area contributed by atoms with Crippen molar-refractivity contribution in [3.05, 3.63) is 57.4 Å². The number of halogens is 1. The molecule has 2 aromatic heterocycles. The fraction of sp³-hybridized carbons (Fsp3) is 0.235. The summed E-state index contributed by atoms with van der Waals surface area (Å²) in [6.45, 7) is 1.65. The summed E-state index contributed by atoms with van der Waals surface area (Å²) in [6, 6.07) is 4.64. The first kappa shape index (κ1) is 14.6. The normalized spacial score (nSPS) is 14.2. The largest absolute Gasteiger partial charge is 0.476 e. The Hall–Kier alpha value is -2.96. The number of H-pyrrole nitrogens is 1. The van der Waals surface area contributed by atoms with Crippen LogP contribution in [0.3, 0.4) is 0 Å². The molecule has 2 N–H and O–H groups in total. The number of aryl methyl sites for hydroxylation is 1. The number of carboxylic acids is 1. The smallest absolute Gasteiger partial charge is 0.356 e. The Morgan fingerprint density at radius 3 is 2.79 bits per heavy atom. The van der Waals surface area contributed by atoms with Gasteiger partial charge in [-0.3, -0.25) is 4.79 Å². The summed E-state index contributed by atoms with van der Waals surface area (Å²) in [5.74, 6) is -1.46. The zero-order chi connectivity index (χ0) is 17.0. The second kappa shape index (κ2) is 5.02. The molecule has 0 atom stereocenters. The lowest BCUT2D eigenvalue weighted by Gasteiger charge is -2.05. The van der Waals surface area contributed by atoms with Crippen molar-refractivity contribution < 1.29 is 14.3 Å². The van der Waals surface area contributed by atoms with Crippen LogP contribution in [0.1, 0.15) is 40.4 Å². The minimum absolute atomic E-state index is 0.0670. The SMILES string of the molecule is Cc1ccc(-c2cn3nc(C(=O)O)c(C4CC4)c3c(=O)[nH]2)cc1F. The van der Waals surface area contributed by atoms with E-state index >= 15 is 0 Å². The predicted octanol–water partition coefficient (Wildman–Crippen LogP) is 2.71. The molecule has 0 radical (unpaired) electrons. The van der Waals surface area contributed by atoms with E-state index in [4.69, 9.17) is 0 Å². The van der Waals surface area contributed by atoms with Crippen LogP contribution < -0.4 is 5.56 Å². The summed E-state index contributed by atoms with van der Waals surface area (Å²) in [6.07, 6.45) is 3.23. The molecular formula is C17H14FN3O3. The number of benzene rings is 1. The molecule has 7 heteroatoms. The zero-order valence-electron chi connectivity index (χ0n) is 12.8. The maximum absolute atomic E-state index is 13.8. The van der Waals surface area contributed by atoms with Gasteiger partial charge in [0.25, 0.3) is 5.56 Å². The van der Waals surface area contributed by atoms with E-state index in [1.807, 2.05) is 0 Å². The van der Waals surface area contributed by atoms with E-state index in [0.717, 1.165) is 12.8 Å². The minimum Gasteiger partial charge on any atom is -0.476 e. The van der Waals surface area contributed by atoms with E-state index in [-0.39, 0.29) is 22.9 Å². The lowest BCUT2D eigenvalue weighted by atomic mass is 10.1. The quantitative estimate of drug-likeness (QED) is 0.774. The zero-order valence-corrected chi connectivity index (χ0v) is 12.8. The first-order chi connectivity index (χ1) is 11.5. The first-order valence-corrected chi connectivity index (χ1v) is 7.61. The fourth-order valence-electron chi connectivity index (χ4n) is 2.93. The Balaban J connectivity index is 1.96. The minimum atomic E-state index is -1.15. The first-order valence-electron chi connectivity index (χ1n) is 7.61. The van der Waals surface area contributed by atoms with Crippen molar-refractivity contribution in [3.63, 3.8) is 0 Å². The van der Waals surface area contributed by atoms with Crippen LogP contribution in [0, 0.1) is 12.7 Å². The highest BCUT2D eigenvalue weighted by Gasteiger charge is 2.34. The average molecular weight is 327 g/mol. The molecule has 0 unspecified atom stereocenters. The summed E-state index contributed by atoms with van der Waals surface area (Å²) in [5, 5.41) is 13.4. The number of aromatic carboxylic acids is 1. The number of aromatic nitrogens is 3. The van der Waals surface area contributed by atoms with Crippen LogP contribution >= 0.6 is 0 Å². The topological polar surface area (TPSA) is 87.5 Å². The highest BCUT2D eigenvalue weighted by molar-refractivity contribution is 5.90. The molecule has 1 saturated carbocycles. The molecule has 122 valence electrons. The molecule has 3 aromatic rings. The third-order valence-electron chi connectivity index (χ3n) is 4.33. The van der Waals surface area contributed by atoms with E-state index in [1.165, 1.54) is 16.8 Å². The van der Waals surface area contributed by atoms with Gasteiger partial charge >= 0.3 is 5.97 Å². The van der Waals surface area contributed by atoms with Crippen molar-refractivity contribution in [1.29, 1.82) is 0 Å². The molecule has 1 aromatic carbocycles. The van der Waals surface area contributed by atoms with E-state index in [0.29, 0.717) is 22.4 Å². The highest BCUT2D eigenvalue weighted by atomic mass is 19.1. The van der Waals surface area contributed by atoms with Crippen LogP contribution in [-0.4, -0.2) is 25.7 Å². The molecule has 2 heterocycles. The van der Waals surface area contributed by atoms with Crippen molar-refractivity contribution in [2.24, 2.45) is 0 Å². The molecule has 0 bridgehead atoms. The third kappa shape index (κ3) is 2.20. The van der Waals surface area contributed by atoms with E-state index in [1.54, 1.807) is 19.1 Å². The highest BCUT2D eigenvalue weighted by Crippen LogP contribution is 2.43. The van der Waals surface area contributed by atoms with Crippen LogP contribution in [0.2, 0.25) is 0 Å². The van der Waals surface area contributed by atoms with Gasteiger partial charge in [-0.25, -0.2) is 13.7 Å². The van der Waals surface area contributed by atoms with Gasteiger partial charge in [-0.15, -0.1) is 0 Å². The molecular weight excluding hydrogens is 313 g/mol. The Kier molecular flexibility index (Phi) is 3.06. The molecule has 1 fully saturated rings. The number of aromatic amines is 1. The van der Waals surface area contributed by atoms with Crippen molar-refractivity contribution in [1.82, 2.24) is 14.6 Å². The standard InChI is InChI=1S/C17H14FN3O3/c1-8-2-3-10(6-11(8)18)12-7-21-15(16(22)19-12)13(9-4-5-9)14(20-21)17(23)24/h2-3,6-7,9H,4-5H2,1H3,(H,19,22)(H,23,24). The molecule has 0 aliphatic heterocycles. The molecule has 1 aliphatic carbocycles. The van der Waals surface area contributed by atoms with Crippen LogP contribution in [0.5, 0.6) is 0 Å². The number of carbonyl (C=O) groups is 1. The summed E-state index contributed by atoms with van der Waals surface area (Å²) >= 11 is 0. The Morgan fingerprint density at radius 1 is 1.42 bits per heavy atom. The number of carboxylic acid groups (broad SMARTS) is 1. The van der Waals surface area contributed by atoms with Gasteiger partial charge in [-0.1, -0.05) is 12.1 Å². The van der Waals surface area contributed by atoms with Gasteiger partial charge in [0.1, 0.15) is 11.3 Å². The number of rotatable bonds is 3. The molecule has 4 rings (SSSR count). The number of fused-ring (bicyclic) bond motifs is 1. The van der Waals surface area contributed by atoms with E-state index in [9.17, 15) is 19.1 Å². The lowest BCUT2D eigenvalue weighted by Crippen LogP contribution is -2.12. The fourth-order valence-corrected chi connectivity index (χ4v) is 2.93. The predicted molar refractivity (Wildman–Crippen MR) is 84.9 cm³/mol. The Bertz CT molecular complexity index is 1050. The van der Waals surface area contributed by atoms with Gasteiger partial charge in [-0.05, 0) is 37.3 Å². The van der Waals surface area contributed by atoms with Crippen LogP contribution in [0.25, 0.3) is 16.8 Å². The van der Waals surface area contributed by atoms with Crippen molar-refractivity contribution in [2.75, 3.05) is 0 Å². The number of hydrogen-bond donors (Lipinski definition) is 2. The van der Waals surface area contributed by atoms with Crippen LogP contribution in [0.4, 0.5) is 4.39 Å². The third-order valence-corrected chi connectivity index (χ3v) is 4.33. The van der Waals surface area contributed by atoms with Gasteiger partial charge in [0.15, 0.2) is 5.69 Å². The van der Waals surface area contributed by atoms with Crippen molar-refractivity contribution in [3.8, 4) is 11.3 Å². The molecule has 1 aliphatic rings. The van der Waals surface area contributed by atoms with Crippen LogP contribution in [-0.2, 0) is 0 Å². The Labute approximate surface area is 135 Å². The van der Waals surface area contributed by atoms with Gasteiger partial charge in [-0.2, -0.15) is 5.10 Å². The van der Waals surface area contributed by atoms with Gasteiger partial charge in [0.05, 0.1) is 11.9 Å².